The van der Waals surface area contributed by atoms with Crippen LogP contribution in [0.2, 0.25) is 0 Å². The summed E-state index contributed by atoms with van der Waals surface area (Å²) in [7, 11) is 0. The highest BCUT2D eigenvalue weighted by molar-refractivity contribution is 5.85. The van der Waals surface area contributed by atoms with E-state index in [2.05, 4.69) is 10.2 Å². The number of benzene rings is 1. The second-order valence-electron chi connectivity index (χ2n) is 6.04. The monoisotopic (exact) mass is 381 g/mol. The van der Waals surface area contributed by atoms with Gasteiger partial charge in [-0.1, -0.05) is 6.42 Å². The molecule has 0 spiro atoms. The van der Waals surface area contributed by atoms with Crippen LogP contribution < -0.4 is 5.32 Å². The zero-order valence-corrected chi connectivity index (χ0v) is 14.7. The van der Waals surface area contributed by atoms with Crippen molar-refractivity contribution in [3.63, 3.8) is 0 Å². The molecule has 9 heteroatoms. The van der Waals surface area contributed by atoms with Crippen LogP contribution in [-0.4, -0.2) is 41.1 Å². The molecule has 2 N–H and O–H groups in total. The van der Waals surface area contributed by atoms with Crippen molar-refractivity contribution >= 4 is 30.5 Å². The summed E-state index contributed by atoms with van der Waals surface area (Å²) in [5.41, 5.74) is -0.187. The largest absolute Gasteiger partial charge is 0.502 e. The zero-order valence-electron chi connectivity index (χ0n) is 13.1. The number of nitro groups is 1. The minimum absolute atomic E-state index is 0. The highest BCUT2D eigenvalue weighted by Gasteiger charge is 2.37. The van der Waals surface area contributed by atoms with Crippen molar-refractivity contribution in [1.82, 2.24) is 10.2 Å². The number of nitrogens with zero attached hydrogens (tertiary/aromatic N) is 2. The molecule has 24 heavy (non-hydrogen) atoms. The van der Waals surface area contributed by atoms with Crippen LogP contribution in [0.4, 0.5) is 10.1 Å². The molecule has 136 valence electrons. The van der Waals surface area contributed by atoms with Crippen molar-refractivity contribution in [2.24, 2.45) is 5.92 Å². The van der Waals surface area contributed by atoms with Crippen molar-refractivity contribution in [3.05, 3.63) is 33.6 Å². The van der Waals surface area contributed by atoms with E-state index in [-0.39, 0.29) is 36.6 Å². The topological polar surface area (TPSA) is 78.6 Å². The van der Waals surface area contributed by atoms with Crippen molar-refractivity contribution in [1.29, 1.82) is 0 Å². The number of halogens is 3. The lowest BCUT2D eigenvalue weighted by atomic mass is 9.76. The number of hydrogen-bond donors (Lipinski definition) is 2. The SMILES string of the molecule is Cl.Cl.O=[N+]([O-])c1cc(F)cc([C@H](C2CCC2)N2CCNCC2)c1O. The van der Waals surface area contributed by atoms with Crippen LogP contribution >= 0.6 is 24.8 Å². The molecule has 1 saturated heterocycles. The van der Waals surface area contributed by atoms with Crippen molar-refractivity contribution < 1.29 is 14.4 Å². The minimum Gasteiger partial charge on any atom is -0.502 e. The molecular weight excluding hydrogens is 360 g/mol. The van der Waals surface area contributed by atoms with Crippen molar-refractivity contribution in [2.45, 2.75) is 25.3 Å². The Bertz CT molecular complexity index is 581. The molecule has 2 aliphatic rings. The van der Waals surface area contributed by atoms with E-state index in [1.165, 1.54) is 6.07 Å². The normalized spacial score (nSPS) is 19.5. The minimum atomic E-state index is -0.725. The molecule has 0 bridgehead atoms. The first-order valence-electron chi connectivity index (χ1n) is 7.69. The fourth-order valence-corrected chi connectivity index (χ4v) is 3.43. The van der Waals surface area contributed by atoms with Crippen LogP contribution in [0.1, 0.15) is 30.9 Å². The Morgan fingerprint density at radius 3 is 2.42 bits per heavy atom. The molecule has 2 fully saturated rings. The number of phenols is 1. The first-order chi connectivity index (χ1) is 10.6. The third-order valence-electron chi connectivity index (χ3n) is 4.74. The van der Waals surface area contributed by atoms with E-state index in [9.17, 15) is 19.6 Å². The van der Waals surface area contributed by atoms with Gasteiger partial charge in [0.05, 0.1) is 11.0 Å². The molecule has 1 aliphatic carbocycles. The van der Waals surface area contributed by atoms with Gasteiger partial charge >= 0.3 is 5.69 Å². The van der Waals surface area contributed by atoms with Crippen LogP contribution in [-0.2, 0) is 0 Å². The van der Waals surface area contributed by atoms with E-state index in [0.717, 1.165) is 51.5 Å². The number of piperazine rings is 1. The van der Waals surface area contributed by atoms with Crippen LogP contribution in [0, 0.1) is 21.8 Å². The van der Waals surface area contributed by atoms with Gasteiger partial charge in [0, 0.05) is 37.8 Å². The van der Waals surface area contributed by atoms with Gasteiger partial charge in [-0.2, -0.15) is 0 Å². The second kappa shape index (κ2) is 8.80. The predicted octanol–water partition coefficient (Wildman–Crippen LogP) is 3.03. The summed E-state index contributed by atoms with van der Waals surface area (Å²) < 4.78 is 13.8. The van der Waals surface area contributed by atoms with E-state index >= 15 is 0 Å². The Morgan fingerprint density at radius 2 is 1.92 bits per heavy atom. The number of nitrogens with one attached hydrogen (secondary N) is 1. The van der Waals surface area contributed by atoms with Gasteiger partial charge in [-0.3, -0.25) is 15.0 Å². The summed E-state index contributed by atoms with van der Waals surface area (Å²) in [5.74, 6) is -0.730. The van der Waals surface area contributed by atoms with Crippen LogP contribution in [0.25, 0.3) is 0 Å². The van der Waals surface area contributed by atoms with Gasteiger partial charge in [0.25, 0.3) is 0 Å². The average molecular weight is 382 g/mol. The third kappa shape index (κ3) is 4.08. The van der Waals surface area contributed by atoms with E-state index in [1.54, 1.807) is 0 Å². The molecule has 1 heterocycles. The lowest BCUT2D eigenvalue weighted by molar-refractivity contribution is -0.386. The molecule has 0 radical (unpaired) electrons. The molecule has 1 aromatic rings. The van der Waals surface area contributed by atoms with E-state index < -0.39 is 16.4 Å². The quantitative estimate of drug-likeness (QED) is 0.618. The second-order valence-corrected chi connectivity index (χ2v) is 6.04. The van der Waals surface area contributed by atoms with E-state index in [4.69, 9.17) is 0 Å². The molecule has 1 atom stereocenters. The molecule has 3 rings (SSSR count). The maximum absolute atomic E-state index is 13.8. The Labute approximate surface area is 152 Å². The highest BCUT2D eigenvalue weighted by atomic mass is 35.5. The van der Waals surface area contributed by atoms with Gasteiger partial charge in [0.2, 0.25) is 0 Å². The van der Waals surface area contributed by atoms with Crippen LogP contribution in [0.15, 0.2) is 12.1 Å². The fourth-order valence-electron chi connectivity index (χ4n) is 3.43. The molecule has 0 unspecified atom stereocenters. The number of aromatic hydroxyl groups is 1. The van der Waals surface area contributed by atoms with Crippen LogP contribution in [0.5, 0.6) is 5.75 Å². The van der Waals surface area contributed by atoms with Crippen molar-refractivity contribution in [2.75, 3.05) is 26.2 Å². The zero-order chi connectivity index (χ0) is 15.7. The van der Waals surface area contributed by atoms with E-state index in [1.807, 2.05) is 0 Å². The standard InChI is InChI=1S/C15H20FN3O3.2ClH/c16-11-8-12(15(20)13(9-11)19(21)22)14(10-2-1-3-10)18-6-4-17-5-7-18;;/h8-10,14,17,20H,1-7H2;2*1H/t14-;;/m0../s1. The van der Waals surface area contributed by atoms with Gasteiger partial charge in [-0.05, 0) is 24.8 Å². The molecule has 1 aromatic carbocycles. The molecule has 0 amide bonds. The first kappa shape index (κ1) is 20.9. The van der Waals surface area contributed by atoms with E-state index in [0.29, 0.717) is 11.5 Å². The molecule has 1 aliphatic heterocycles. The Balaban J connectivity index is 0.00000144. The third-order valence-corrected chi connectivity index (χ3v) is 4.74. The summed E-state index contributed by atoms with van der Waals surface area (Å²) in [5, 5.41) is 24.6. The number of hydrogen-bond acceptors (Lipinski definition) is 5. The smallest absolute Gasteiger partial charge is 0.313 e. The average Bonchev–Trinajstić information content (AvgIpc) is 2.45. The molecule has 0 aromatic heterocycles. The highest BCUT2D eigenvalue weighted by Crippen LogP contribution is 2.46. The summed E-state index contributed by atoms with van der Waals surface area (Å²) in [6.07, 6.45) is 3.14. The fraction of sp³-hybridized carbons (Fsp3) is 0.600. The van der Waals surface area contributed by atoms with Crippen LogP contribution in [0.3, 0.4) is 0 Å². The number of phenolic OH excluding ortho intramolecular Hbond substituents is 1. The predicted molar refractivity (Wildman–Crippen MR) is 93.7 cm³/mol. The summed E-state index contributed by atoms with van der Waals surface area (Å²) in [4.78, 5) is 12.5. The lowest BCUT2D eigenvalue weighted by Gasteiger charge is -2.43. The number of nitro benzene ring substituents is 1. The Morgan fingerprint density at radius 1 is 1.29 bits per heavy atom. The molecule has 6 nitrogen and oxygen atoms in total. The maximum atomic E-state index is 13.8. The maximum Gasteiger partial charge on any atom is 0.313 e. The van der Waals surface area contributed by atoms with Gasteiger partial charge < -0.3 is 10.4 Å². The van der Waals surface area contributed by atoms with Gasteiger partial charge in [-0.15, -0.1) is 24.8 Å². The van der Waals surface area contributed by atoms with Gasteiger partial charge in [-0.25, -0.2) is 4.39 Å². The Hall–Kier alpha value is -1.15. The van der Waals surface area contributed by atoms with Gasteiger partial charge in [0.15, 0.2) is 5.75 Å². The van der Waals surface area contributed by atoms with Gasteiger partial charge in [0.1, 0.15) is 5.82 Å². The number of rotatable bonds is 4. The summed E-state index contributed by atoms with van der Waals surface area (Å²) in [6.45, 7) is 3.26. The first-order valence-corrected chi connectivity index (χ1v) is 7.69. The Kier molecular flexibility index (Phi) is 7.66. The summed E-state index contributed by atoms with van der Waals surface area (Å²) >= 11 is 0. The molecule has 1 saturated carbocycles. The lowest BCUT2D eigenvalue weighted by Crippen LogP contribution is -2.47. The van der Waals surface area contributed by atoms with Crippen molar-refractivity contribution in [3.8, 4) is 5.75 Å². The molecular formula is C15H22Cl2FN3O3. The summed E-state index contributed by atoms with van der Waals surface area (Å²) in [6, 6.07) is 1.90.